The summed E-state index contributed by atoms with van der Waals surface area (Å²) in [4.78, 5) is 13.9. The van der Waals surface area contributed by atoms with E-state index in [0.29, 0.717) is 21.5 Å². The van der Waals surface area contributed by atoms with Gasteiger partial charge in [0.15, 0.2) is 0 Å². The quantitative estimate of drug-likeness (QED) is 0.241. The number of nitrogens with zero attached hydrogens (tertiary/aromatic N) is 1. The zero-order chi connectivity index (χ0) is 22.7. The van der Waals surface area contributed by atoms with Crippen LogP contribution < -0.4 is 16.2 Å². The SMILES string of the molecule is CC(C)Sc1ccc(N(N)C2=CCCc3ccc(NC(=O)c4ccccc4Cl)cc32)cc1. The summed E-state index contributed by atoms with van der Waals surface area (Å²) >= 11 is 8.00. The molecule has 0 saturated carbocycles. The summed E-state index contributed by atoms with van der Waals surface area (Å²) in [5.41, 5.74) is 5.24. The zero-order valence-corrected chi connectivity index (χ0v) is 19.7. The molecule has 32 heavy (non-hydrogen) atoms. The highest BCUT2D eigenvalue weighted by molar-refractivity contribution is 7.99. The number of hydrazine groups is 1. The largest absolute Gasteiger partial charge is 0.322 e. The maximum absolute atomic E-state index is 12.7. The molecule has 0 fully saturated rings. The van der Waals surface area contributed by atoms with Crippen molar-refractivity contribution < 1.29 is 4.79 Å². The lowest BCUT2D eigenvalue weighted by atomic mass is 9.93. The monoisotopic (exact) mass is 463 g/mol. The van der Waals surface area contributed by atoms with Gasteiger partial charge in [0.2, 0.25) is 0 Å². The fourth-order valence-corrected chi connectivity index (χ4v) is 4.81. The first-order chi connectivity index (χ1) is 15.4. The van der Waals surface area contributed by atoms with E-state index in [1.165, 1.54) is 10.5 Å². The number of fused-ring (bicyclic) bond motifs is 1. The summed E-state index contributed by atoms with van der Waals surface area (Å²) in [5.74, 6) is 6.32. The van der Waals surface area contributed by atoms with Gasteiger partial charge >= 0.3 is 0 Å². The molecule has 0 radical (unpaired) electrons. The number of allylic oxidation sites excluding steroid dienone is 1. The van der Waals surface area contributed by atoms with Crippen molar-refractivity contribution in [2.75, 3.05) is 10.3 Å². The molecule has 4 rings (SSSR count). The molecule has 3 aromatic carbocycles. The van der Waals surface area contributed by atoms with Crippen LogP contribution in [0.4, 0.5) is 11.4 Å². The van der Waals surface area contributed by atoms with Crippen LogP contribution in [0.5, 0.6) is 0 Å². The van der Waals surface area contributed by atoms with Crippen LogP contribution in [0.25, 0.3) is 5.70 Å². The Balaban J connectivity index is 1.57. The van der Waals surface area contributed by atoms with E-state index in [4.69, 9.17) is 17.4 Å². The molecule has 6 heteroatoms. The topological polar surface area (TPSA) is 58.4 Å². The minimum atomic E-state index is -0.236. The number of halogens is 1. The lowest BCUT2D eigenvalue weighted by Gasteiger charge is -2.27. The molecular formula is C26H26ClN3OS. The van der Waals surface area contributed by atoms with Gasteiger partial charge in [-0.3, -0.25) is 9.80 Å². The van der Waals surface area contributed by atoms with Gasteiger partial charge in [0.25, 0.3) is 5.91 Å². The third-order valence-corrected chi connectivity index (χ3v) is 6.61. The molecule has 1 amide bonds. The van der Waals surface area contributed by atoms with E-state index in [-0.39, 0.29) is 5.91 Å². The van der Waals surface area contributed by atoms with Crippen molar-refractivity contribution in [3.8, 4) is 0 Å². The van der Waals surface area contributed by atoms with E-state index in [9.17, 15) is 4.79 Å². The van der Waals surface area contributed by atoms with Gasteiger partial charge in [0.1, 0.15) is 0 Å². The van der Waals surface area contributed by atoms with Crippen LogP contribution in [-0.4, -0.2) is 11.2 Å². The average Bonchev–Trinajstić information content (AvgIpc) is 2.78. The third-order valence-electron chi connectivity index (χ3n) is 5.26. The molecule has 0 heterocycles. The van der Waals surface area contributed by atoms with Crippen LogP contribution in [-0.2, 0) is 6.42 Å². The van der Waals surface area contributed by atoms with Crippen molar-refractivity contribution in [2.24, 2.45) is 5.84 Å². The highest BCUT2D eigenvalue weighted by Gasteiger charge is 2.19. The fourth-order valence-electron chi connectivity index (χ4n) is 3.75. The van der Waals surface area contributed by atoms with Crippen molar-refractivity contribution in [1.29, 1.82) is 0 Å². The summed E-state index contributed by atoms with van der Waals surface area (Å²) in [7, 11) is 0. The predicted molar refractivity (Wildman–Crippen MR) is 136 cm³/mol. The Kier molecular flexibility index (Phi) is 6.89. The molecule has 0 unspecified atom stereocenters. The molecule has 0 atom stereocenters. The zero-order valence-electron chi connectivity index (χ0n) is 18.1. The number of nitrogens with one attached hydrogen (secondary N) is 1. The van der Waals surface area contributed by atoms with Gasteiger partial charge in [0.05, 0.1) is 22.0 Å². The van der Waals surface area contributed by atoms with Crippen molar-refractivity contribution in [2.45, 2.75) is 36.8 Å². The number of nitrogens with two attached hydrogens (primary N) is 1. The number of hydrogen-bond donors (Lipinski definition) is 2. The number of carbonyl (C=O) groups is 1. The van der Waals surface area contributed by atoms with Gasteiger partial charge in [0, 0.05) is 21.4 Å². The van der Waals surface area contributed by atoms with Gasteiger partial charge < -0.3 is 5.32 Å². The summed E-state index contributed by atoms with van der Waals surface area (Å²) in [5, 5.41) is 5.64. The molecule has 0 bridgehead atoms. The smallest absolute Gasteiger partial charge is 0.257 e. The van der Waals surface area contributed by atoms with Crippen LogP contribution in [0.1, 0.15) is 41.8 Å². The van der Waals surface area contributed by atoms with E-state index < -0.39 is 0 Å². The normalized spacial score (nSPS) is 12.8. The first-order valence-corrected chi connectivity index (χ1v) is 11.9. The molecular weight excluding hydrogens is 438 g/mol. The molecule has 3 aromatic rings. The minimum Gasteiger partial charge on any atom is -0.322 e. The summed E-state index contributed by atoms with van der Waals surface area (Å²) < 4.78 is 0. The van der Waals surface area contributed by atoms with E-state index in [1.807, 2.05) is 36.0 Å². The van der Waals surface area contributed by atoms with Crippen LogP contribution >= 0.6 is 23.4 Å². The Morgan fingerprint density at radius 3 is 2.56 bits per heavy atom. The lowest BCUT2D eigenvalue weighted by molar-refractivity contribution is 0.102. The van der Waals surface area contributed by atoms with Crippen LogP contribution in [0.15, 0.2) is 77.7 Å². The van der Waals surface area contributed by atoms with Gasteiger partial charge in [-0.2, -0.15) is 0 Å². The Bertz CT molecular complexity index is 1160. The number of anilines is 2. The van der Waals surface area contributed by atoms with Crippen LogP contribution in [0.3, 0.4) is 0 Å². The maximum atomic E-state index is 12.7. The predicted octanol–water partition coefficient (Wildman–Crippen LogP) is 6.76. The van der Waals surface area contributed by atoms with Crippen molar-refractivity contribution in [3.63, 3.8) is 0 Å². The number of carbonyl (C=O) groups excluding carboxylic acids is 1. The maximum Gasteiger partial charge on any atom is 0.257 e. The van der Waals surface area contributed by atoms with Gasteiger partial charge in [-0.25, -0.2) is 5.84 Å². The average molecular weight is 464 g/mol. The Morgan fingerprint density at radius 2 is 1.84 bits per heavy atom. The number of aryl methyl sites for hydroxylation is 1. The second-order valence-electron chi connectivity index (χ2n) is 7.96. The fraction of sp³-hybridized carbons (Fsp3) is 0.192. The van der Waals surface area contributed by atoms with Gasteiger partial charge in [-0.05, 0) is 66.9 Å². The number of rotatable bonds is 6. The molecule has 164 valence electrons. The number of hydrogen-bond acceptors (Lipinski definition) is 4. The highest BCUT2D eigenvalue weighted by atomic mass is 35.5. The van der Waals surface area contributed by atoms with E-state index >= 15 is 0 Å². The van der Waals surface area contributed by atoms with Gasteiger partial charge in [-0.1, -0.05) is 49.7 Å². The lowest BCUT2D eigenvalue weighted by Crippen LogP contribution is -2.30. The Labute approximate surface area is 198 Å². The number of benzene rings is 3. The molecule has 4 nitrogen and oxygen atoms in total. The number of amides is 1. The molecule has 1 aliphatic carbocycles. The Morgan fingerprint density at radius 1 is 1.09 bits per heavy atom. The summed E-state index contributed by atoms with van der Waals surface area (Å²) in [6, 6.07) is 21.3. The Hall–Kier alpha value is -2.73. The molecule has 0 aliphatic heterocycles. The highest BCUT2D eigenvalue weighted by Crippen LogP contribution is 2.34. The molecule has 3 N–H and O–H groups in total. The van der Waals surface area contributed by atoms with E-state index in [0.717, 1.165) is 29.8 Å². The molecule has 1 aliphatic rings. The van der Waals surface area contributed by atoms with Crippen molar-refractivity contribution >= 4 is 46.3 Å². The minimum absolute atomic E-state index is 0.236. The molecule has 0 aromatic heterocycles. The standard InChI is InChI=1S/C26H26ClN3OS/c1-17(2)32-21-14-12-20(13-15-21)30(28)25-9-5-6-18-10-11-19(16-23(18)25)29-26(31)22-7-3-4-8-24(22)27/h3-4,7-17H,5-6,28H2,1-2H3,(H,29,31). The van der Waals surface area contributed by atoms with E-state index in [1.54, 1.807) is 29.3 Å². The van der Waals surface area contributed by atoms with Crippen LogP contribution in [0, 0.1) is 0 Å². The third kappa shape index (κ3) is 5.01. The van der Waals surface area contributed by atoms with Gasteiger partial charge in [-0.15, -0.1) is 11.8 Å². The van der Waals surface area contributed by atoms with Crippen molar-refractivity contribution in [1.82, 2.24) is 0 Å². The molecule has 0 saturated heterocycles. The van der Waals surface area contributed by atoms with Crippen molar-refractivity contribution in [3.05, 3.63) is 94.5 Å². The molecule has 0 spiro atoms. The summed E-state index contributed by atoms with van der Waals surface area (Å²) in [6.45, 7) is 4.36. The first kappa shape index (κ1) is 22.5. The summed E-state index contributed by atoms with van der Waals surface area (Å²) in [6.07, 6.45) is 4.01. The van der Waals surface area contributed by atoms with Crippen LogP contribution in [0.2, 0.25) is 5.02 Å². The second kappa shape index (κ2) is 9.82. The first-order valence-electron chi connectivity index (χ1n) is 10.6. The second-order valence-corrected chi connectivity index (χ2v) is 10.0. The van der Waals surface area contributed by atoms with E-state index in [2.05, 4.69) is 43.4 Å². The number of thioether (sulfide) groups is 1.